The molecule has 2 aromatic carbocycles. The van der Waals surface area contributed by atoms with Gasteiger partial charge in [-0.3, -0.25) is 19.5 Å². The van der Waals surface area contributed by atoms with E-state index in [0.29, 0.717) is 49.1 Å². The van der Waals surface area contributed by atoms with Gasteiger partial charge in [0, 0.05) is 72.4 Å². The molecule has 0 aliphatic carbocycles. The highest BCUT2D eigenvalue weighted by atomic mass is 35.5. The van der Waals surface area contributed by atoms with Gasteiger partial charge < -0.3 is 14.8 Å². The molecule has 5 rings (SSSR count). The number of aromatic nitrogens is 1. The van der Waals surface area contributed by atoms with Crippen molar-refractivity contribution < 1.29 is 19.1 Å². The number of para-hydroxylation sites is 1. The summed E-state index contributed by atoms with van der Waals surface area (Å²) in [6, 6.07) is 13.2. The molecule has 0 unspecified atom stereocenters. The van der Waals surface area contributed by atoms with Crippen molar-refractivity contribution in [2.24, 2.45) is 0 Å². The molecule has 1 amide bonds. The van der Waals surface area contributed by atoms with Gasteiger partial charge in [0.15, 0.2) is 5.78 Å². The number of amides is 1. The molecular formula is C28H30ClN3O4. The summed E-state index contributed by atoms with van der Waals surface area (Å²) < 4.78 is 10.8. The number of hydrogen-bond acceptors (Lipinski definition) is 6. The molecule has 1 aromatic heterocycles. The topological polar surface area (TPSA) is 80.8 Å². The fourth-order valence-corrected chi connectivity index (χ4v) is 5.34. The third kappa shape index (κ3) is 5.38. The van der Waals surface area contributed by atoms with Gasteiger partial charge >= 0.3 is 0 Å². The number of Topliss-reactive ketones (excluding diaryl/α,β-unsaturated/α-hetero) is 1. The van der Waals surface area contributed by atoms with Crippen LogP contribution in [0.25, 0.3) is 10.9 Å². The van der Waals surface area contributed by atoms with Crippen LogP contribution in [0.15, 0.2) is 42.5 Å². The molecule has 2 aliphatic rings. The minimum Gasteiger partial charge on any atom is -0.496 e. The van der Waals surface area contributed by atoms with Crippen molar-refractivity contribution in [3.63, 3.8) is 0 Å². The van der Waals surface area contributed by atoms with Crippen LogP contribution in [0.3, 0.4) is 0 Å². The molecular weight excluding hydrogens is 478 g/mol. The first-order valence-electron chi connectivity index (χ1n) is 12.4. The number of ketones is 1. The van der Waals surface area contributed by atoms with Gasteiger partial charge in [-0.25, -0.2) is 0 Å². The van der Waals surface area contributed by atoms with Gasteiger partial charge in [-0.15, -0.1) is 0 Å². The van der Waals surface area contributed by atoms with Crippen molar-refractivity contribution in [3.8, 4) is 5.75 Å². The lowest BCUT2D eigenvalue weighted by Gasteiger charge is -2.30. The molecule has 0 saturated carbocycles. The number of nitrogens with one attached hydrogen (secondary N) is 1. The van der Waals surface area contributed by atoms with Crippen molar-refractivity contribution >= 4 is 34.2 Å². The Bertz CT molecular complexity index is 1290. The molecule has 3 aromatic rings. The highest BCUT2D eigenvalue weighted by molar-refractivity contribution is 6.30. The lowest BCUT2D eigenvalue weighted by molar-refractivity contribution is -0.119. The van der Waals surface area contributed by atoms with Gasteiger partial charge in [0.1, 0.15) is 5.75 Å². The van der Waals surface area contributed by atoms with Gasteiger partial charge in [-0.05, 0) is 37.1 Å². The zero-order valence-electron chi connectivity index (χ0n) is 20.4. The van der Waals surface area contributed by atoms with Crippen molar-refractivity contribution in [2.75, 3.05) is 33.4 Å². The molecule has 188 valence electrons. The highest BCUT2D eigenvalue weighted by Gasteiger charge is 2.28. The molecule has 7 nitrogen and oxygen atoms in total. The second-order valence-electron chi connectivity index (χ2n) is 9.42. The largest absolute Gasteiger partial charge is 0.496 e. The number of carbonyl (C=O) groups excluding carboxylic acids is 2. The maximum absolute atomic E-state index is 13.6. The quantitative estimate of drug-likeness (QED) is 0.521. The maximum Gasteiger partial charge on any atom is 0.252 e. The molecule has 1 N–H and O–H groups in total. The average molecular weight is 508 g/mol. The molecule has 0 atom stereocenters. The third-order valence-corrected chi connectivity index (χ3v) is 7.17. The summed E-state index contributed by atoms with van der Waals surface area (Å²) in [4.78, 5) is 33.6. The van der Waals surface area contributed by atoms with Crippen molar-refractivity contribution in [1.29, 1.82) is 0 Å². The minimum atomic E-state index is -0.0754. The predicted molar refractivity (Wildman–Crippen MR) is 139 cm³/mol. The van der Waals surface area contributed by atoms with Crippen LogP contribution >= 0.6 is 11.6 Å². The average Bonchev–Trinajstić information content (AvgIpc) is 2.88. The van der Waals surface area contributed by atoms with Crippen LogP contribution in [0.5, 0.6) is 5.75 Å². The molecule has 3 heterocycles. The number of fused-ring (bicyclic) bond motifs is 2. The van der Waals surface area contributed by atoms with Crippen molar-refractivity contribution in [3.05, 3.63) is 69.9 Å². The number of halogens is 1. The van der Waals surface area contributed by atoms with Crippen LogP contribution < -0.4 is 10.1 Å². The van der Waals surface area contributed by atoms with Gasteiger partial charge in [0.2, 0.25) is 0 Å². The predicted octanol–water partition coefficient (Wildman–Crippen LogP) is 3.98. The summed E-state index contributed by atoms with van der Waals surface area (Å²) in [6.07, 6.45) is 2.54. The monoisotopic (exact) mass is 507 g/mol. The van der Waals surface area contributed by atoms with E-state index in [1.54, 1.807) is 25.3 Å². The summed E-state index contributed by atoms with van der Waals surface area (Å²) in [6.45, 7) is 2.81. The second-order valence-corrected chi connectivity index (χ2v) is 9.86. The molecule has 0 bridgehead atoms. The number of pyridine rings is 1. The summed E-state index contributed by atoms with van der Waals surface area (Å²) in [5.74, 6) is 0.647. The Morgan fingerprint density at radius 3 is 2.81 bits per heavy atom. The molecule has 36 heavy (non-hydrogen) atoms. The zero-order chi connectivity index (χ0) is 25.1. The Morgan fingerprint density at radius 1 is 1.19 bits per heavy atom. The van der Waals surface area contributed by atoms with Gasteiger partial charge in [-0.2, -0.15) is 0 Å². The normalized spacial score (nSPS) is 16.5. The lowest BCUT2D eigenvalue weighted by atomic mass is 9.94. The molecule has 1 saturated heterocycles. The van der Waals surface area contributed by atoms with Gasteiger partial charge in [-0.1, -0.05) is 29.8 Å². The molecule has 8 heteroatoms. The number of carbonyl (C=O) groups is 2. The Hall–Kier alpha value is -3.00. The lowest BCUT2D eigenvalue weighted by Crippen LogP contribution is -2.41. The van der Waals surface area contributed by atoms with Crippen LogP contribution in [0.1, 0.15) is 40.0 Å². The summed E-state index contributed by atoms with van der Waals surface area (Å²) in [7, 11) is 1.59. The van der Waals surface area contributed by atoms with Crippen LogP contribution in [-0.2, 0) is 28.9 Å². The van der Waals surface area contributed by atoms with E-state index in [0.717, 1.165) is 40.6 Å². The van der Waals surface area contributed by atoms with E-state index < -0.39 is 0 Å². The van der Waals surface area contributed by atoms with Gasteiger partial charge in [0.05, 0.1) is 24.7 Å². The van der Waals surface area contributed by atoms with Crippen LogP contribution in [0.2, 0.25) is 5.02 Å². The van der Waals surface area contributed by atoms with Gasteiger partial charge in [0.25, 0.3) is 5.91 Å². The Kier molecular flexibility index (Phi) is 7.51. The van der Waals surface area contributed by atoms with E-state index in [1.807, 2.05) is 24.3 Å². The van der Waals surface area contributed by atoms with E-state index in [9.17, 15) is 9.59 Å². The van der Waals surface area contributed by atoms with Crippen molar-refractivity contribution in [2.45, 2.75) is 38.3 Å². The first-order valence-corrected chi connectivity index (χ1v) is 12.7. The van der Waals surface area contributed by atoms with Crippen molar-refractivity contribution in [1.82, 2.24) is 15.2 Å². The minimum absolute atomic E-state index is 0.0703. The number of hydrogen-bond donors (Lipinski definition) is 1. The first kappa shape index (κ1) is 24.7. The fraction of sp³-hybridized carbons (Fsp3) is 0.393. The number of ether oxygens (including phenoxy) is 2. The Labute approximate surface area is 215 Å². The summed E-state index contributed by atoms with van der Waals surface area (Å²) in [5.41, 5.74) is 4.13. The zero-order valence-corrected chi connectivity index (χ0v) is 21.1. The number of benzene rings is 2. The smallest absolute Gasteiger partial charge is 0.252 e. The fourth-order valence-electron chi connectivity index (χ4n) is 5.14. The summed E-state index contributed by atoms with van der Waals surface area (Å²) >= 11 is 6.14. The van der Waals surface area contributed by atoms with E-state index in [1.165, 1.54) is 0 Å². The van der Waals surface area contributed by atoms with Crippen LogP contribution in [-0.4, -0.2) is 61.0 Å². The number of rotatable bonds is 7. The molecule has 0 radical (unpaired) electrons. The molecule has 0 spiro atoms. The third-order valence-electron chi connectivity index (χ3n) is 6.94. The first-order chi connectivity index (χ1) is 17.5. The standard InChI is InChI=1S/C28H30ClN3O4/c1-35-26-7-6-19(29)14-18(26)15-21(33)16-32-11-8-25-23(17-32)27(22-4-2-3-5-24(22)31-25)28(34)30-20-9-12-36-13-10-20/h2-7,14,20H,8-13,15-17H2,1H3,(H,30,34). The Balaban J connectivity index is 1.38. The Morgan fingerprint density at radius 2 is 2.00 bits per heavy atom. The van der Waals surface area contributed by atoms with E-state index in [2.05, 4.69) is 10.2 Å². The number of nitrogens with zero attached hydrogens (tertiary/aromatic N) is 2. The maximum atomic E-state index is 13.6. The van der Waals surface area contributed by atoms with E-state index >= 15 is 0 Å². The summed E-state index contributed by atoms with van der Waals surface area (Å²) in [5, 5.41) is 4.64. The van der Waals surface area contributed by atoms with Crippen LogP contribution in [0.4, 0.5) is 0 Å². The van der Waals surface area contributed by atoms with E-state index in [4.69, 9.17) is 26.1 Å². The highest BCUT2D eigenvalue weighted by Crippen LogP contribution is 2.29. The second kappa shape index (κ2) is 10.9. The molecule has 1 fully saturated rings. The van der Waals surface area contributed by atoms with Crippen LogP contribution in [0, 0.1) is 0 Å². The number of methoxy groups -OCH3 is 1. The molecule has 2 aliphatic heterocycles. The SMILES string of the molecule is COc1ccc(Cl)cc1CC(=O)CN1CCc2nc3ccccc3c(C(=O)NC3CCOCC3)c2C1. The van der Waals surface area contributed by atoms with E-state index in [-0.39, 0.29) is 30.7 Å².